The maximum Gasteiger partial charge on any atom is 0.219 e. The number of amides is 1. The first kappa shape index (κ1) is 11.8. The number of anilines is 1. The number of fused-ring (bicyclic) bond motifs is 1. The molecule has 0 aromatic carbocycles. The van der Waals surface area contributed by atoms with Gasteiger partial charge >= 0.3 is 0 Å². The summed E-state index contributed by atoms with van der Waals surface area (Å²) in [6.07, 6.45) is 5.58. The van der Waals surface area contributed by atoms with E-state index in [-0.39, 0.29) is 18.4 Å². The predicted molar refractivity (Wildman–Crippen MR) is 67.6 cm³/mol. The predicted octanol–water partition coefficient (Wildman–Crippen LogP) is 1.17. The second-order valence-electron chi connectivity index (χ2n) is 3.79. The third kappa shape index (κ3) is 2.73. The Balaban J connectivity index is 2.28. The van der Waals surface area contributed by atoms with Gasteiger partial charge in [-0.2, -0.15) is 0 Å². The standard InChI is InChI=1S/C10H12BrN5O/c1-6(4-8(12)17)14-9-10-13-2-3-16(10)5-7(11)15-9/h2-3,5-6H,4H2,1H3,(H2,12,17)(H,14,15). The Bertz CT molecular complexity index is 553. The maximum absolute atomic E-state index is 10.8. The highest BCUT2D eigenvalue weighted by Gasteiger charge is 2.11. The third-order valence-electron chi connectivity index (χ3n) is 2.24. The summed E-state index contributed by atoms with van der Waals surface area (Å²) in [5.74, 6) is 0.275. The molecular formula is C10H12BrN5O. The van der Waals surface area contributed by atoms with Crippen LogP contribution in [0.2, 0.25) is 0 Å². The van der Waals surface area contributed by atoms with Crippen molar-refractivity contribution in [3.63, 3.8) is 0 Å². The Labute approximate surface area is 106 Å². The van der Waals surface area contributed by atoms with Crippen LogP contribution in [0.15, 0.2) is 23.2 Å². The van der Waals surface area contributed by atoms with Crippen LogP contribution in [0.25, 0.3) is 5.65 Å². The van der Waals surface area contributed by atoms with E-state index in [0.717, 1.165) is 0 Å². The Kier molecular flexibility index (Phi) is 3.28. The van der Waals surface area contributed by atoms with Crippen molar-refractivity contribution in [2.45, 2.75) is 19.4 Å². The van der Waals surface area contributed by atoms with Gasteiger partial charge in [0.2, 0.25) is 5.91 Å². The summed E-state index contributed by atoms with van der Waals surface area (Å²) in [7, 11) is 0. The van der Waals surface area contributed by atoms with Gasteiger partial charge in [0.1, 0.15) is 4.60 Å². The lowest BCUT2D eigenvalue weighted by Crippen LogP contribution is -2.24. The first-order chi connectivity index (χ1) is 8.06. The van der Waals surface area contributed by atoms with Crippen LogP contribution in [0, 0.1) is 0 Å². The molecule has 0 aliphatic heterocycles. The van der Waals surface area contributed by atoms with Crippen molar-refractivity contribution in [1.29, 1.82) is 0 Å². The Morgan fingerprint density at radius 1 is 1.71 bits per heavy atom. The van der Waals surface area contributed by atoms with Crippen LogP contribution in [-0.2, 0) is 4.79 Å². The van der Waals surface area contributed by atoms with Gasteiger partial charge in [0.05, 0.1) is 0 Å². The summed E-state index contributed by atoms with van der Waals surface area (Å²) in [6, 6.07) is -0.0881. The molecule has 2 aromatic heterocycles. The van der Waals surface area contributed by atoms with Gasteiger partial charge in [-0.15, -0.1) is 0 Å². The molecule has 1 atom stereocenters. The van der Waals surface area contributed by atoms with Gasteiger partial charge in [-0.1, -0.05) is 0 Å². The zero-order valence-electron chi connectivity index (χ0n) is 9.22. The Morgan fingerprint density at radius 2 is 2.47 bits per heavy atom. The molecular weight excluding hydrogens is 286 g/mol. The highest BCUT2D eigenvalue weighted by molar-refractivity contribution is 9.10. The second kappa shape index (κ2) is 4.70. The highest BCUT2D eigenvalue weighted by Crippen LogP contribution is 2.17. The fraction of sp³-hybridized carbons (Fsp3) is 0.300. The largest absolute Gasteiger partial charge is 0.370 e. The highest BCUT2D eigenvalue weighted by atomic mass is 79.9. The van der Waals surface area contributed by atoms with Crippen LogP contribution in [-0.4, -0.2) is 26.3 Å². The fourth-order valence-electron chi connectivity index (χ4n) is 1.58. The lowest BCUT2D eigenvalue weighted by atomic mass is 10.2. The van der Waals surface area contributed by atoms with Crippen molar-refractivity contribution in [2.24, 2.45) is 5.73 Å². The van der Waals surface area contributed by atoms with E-state index in [1.165, 1.54) is 0 Å². The topological polar surface area (TPSA) is 85.3 Å². The first-order valence-electron chi connectivity index (χ1n) is 5.10. The normalized spacial score (nSPS) is 12.6. The van der Waals surface area contributed by atoms with Crippen LogP contribution in [0.4, 0.5) is 5.82 Å². The quantitative estimate of drug-likeness (QED) is 0.887. The summed E-state index contributed by atoms with van der Waals surface area (Å²) < 4.78 is 2.54. The van der Waals surface area contributed by atoms with Crippen LogP contribution in [0.5, 0.6) is 0 Å². The van der Waals surface area contributed by atoms with E-state index in [9.17, 15) is 4.79 Å². The molecule has 0 aliphatic rings. The Hall–Kier alpha value is -1.63. The van der Waals surface area contributed by atoms with Crippen molar-refractivity contribution in [3.05, 3.63) is 23.2 Å². The fourth-order valence-corrected chi connectivity index (χ4v) is 1.98. The van der Waals surface area contributed by atoms with Crippen molar-refractivity contribution < 1.29 is 4.79 Å². The zero-order valence-corrected chi connectivity index (χ0v) is 10.8. The number of nitrogens with two attached hydrogens (primary N) is 1. The number of imidazole rings is 1. The minimum absolute atomic E-state index is 0.0881. The molecule has 3 N–H and O–H groups in total. The summed E-state index contributed by atoms with van der Waals surface area (Å²) >= 11 is 3.32. The van der Waals surface area contributed by atoms with Crippen molar-refractivity contribution in [3.8, 4) is 0 Å². The number of halogens is 1. The van der Waals surface area contributed by atoms with E-state index in [2.05, 4.69) is 31.2 Å². The van der Waals surface area contributed by atoms with Gasteiger partial charge in [-0.3, -0.25) is 4.79 Å². The first-order valence-corrected chi connectivity index (χ1v) is 5.89. The van der Waals surface area contributed by atoms with Gasteiger partial charge < -0.3 is 15.5 Å². The molecule has 2 heterocycles. The smallest absolute Gasteiger partial charge is 0.219 e. The lowest BCUT2D eigenvalue weighted by Gasteiger charge is -2.13. The van der Waals surface area contributed by atoms with E-state index in [4.69, 9.17) is 5.73 Å². The molecule has 0 spiro atoms. The van der Waals surface area contributed by atoms with E-state index in [1.807, 2.05) is 23.7 Å². The summed E-state index contributed by atoms with van der Waals surface area (Å²) in [4.78, 5) is 19.3. The molecule has 7 heteroatoms. The van der Waals surface area contributed by atoms with E-state index < -0.39 is 0 Å². The number of carbonyl (C=O) groups excluding carboxylic acids is 1. The molecule has 1 unspecified atom stereocenters. The lowest BCUT2D eigenvalue weighted by molar-refractivity contribution is -0.118. The van der Waals surface area contributed by atoms with Crippen LogP contribution >= 0.6 is 15.9 Å². The molecule has 0 saturated heterocycles. The van der Waals surface area contributed by atoms with Crippen LogP contribution in [0.3, 0.4) is 0 Å². The average molecular weight is 298 g/mol. The number of nitrogens with zero attached hydrogens (tertiary/aromatic N) is 3. The Morgan fingerprint density at radius 3 is 3.18 bits per heavy atom. The number of hydrogen-bond donors (Lipinski definition) is 2. The summed E-state index contributed by atoms with van der Waals surface area (Å²) in [6.45, 7) is 1.87. The molecule has 2 rings (SSSR count). The van der Waals surface area contributed by atoms with Crippen LogP contribution < -0.4 is 11.1 Å². The molecule has 1 amide bonds. The number of nitrogens with one attached hydrogen (secondary N) is 1. The van der Waals surface area contributed by atoms with Gasteiger partial charge in [0.25, 0.3) is 0 Å². The van der Waals surface area contributed by atoms with Crippen molar-refractivity contribution in [2.75, 3.05) is 5.32 Å². The minimum Gasteiger partial charge on any atom is -0.370 e. The van der Waals surface area contributed by atoms with E-state index in [0.29, 0.717) is 16.1 Å². The van der Waals surface area contributed by atoms with Crippen molar-refractivity contribution in [1.82, 2.24) is 14.4 Å². The monoisotopic (exact) mass is 297 g/mol. The van der Waals surface area contributed by atoms with Crippen LogP contribution in [0.1, 0.15) is 13.3 Å². The van der Waals surface area contributed by atoms with Gasteiger partial charge in [0, 0.05) is 31.1 Å². The summed E-state index contributed by atoms with van der Waals surface area (Å²) in [5.41, 5.74) is 5.85. The zero-order chi connectivity index (χ0) is 12.4. The maximum atomic E-state index is 10.8. The number of carbonyl (C=O) groups is 1. The minimum atomic E-state index is -0.348. The molecule has 90 valence electrons. The van der Waals surface area contributed by atoms with Crippen molar-refractivity contribution >= 4 is 33.3 Å². The van der Waals surface area contributed by atoms with E-state index in [1.54, 1.807) is 6.20 Å². The average Bonchev–Trinajstić information content (AvgIpc) is 2.63. The second-order valence-corrected chi connectivity index (χ2v) is 4.60. The van der Waals surface area contributed by atoms with Gasteiger partial charge in [-0.05, 0) is 22.9 Å². The molecule has 0 radical (unpaired) electrons. The molecule has 0 fully saturated rings. The van der Waals surface area contributed by atoms with Gasteiger partial charge in [-0.25, -0.2) is 9.97 Å². The number of rotatable bonds is 4. The molecule has 2 aromatic rings. The molecule has 0 aliphatic carbocycles. The molecule has 17 heavy (non-hydrogen) atoms. The third-order valence-corrected chi connectivity index (χ3v) is 2.62. The van der Waals surface area contributed by atoms with Gasteiger partial charge in [0.15, 0.2) is 11.5 Å². The molecule has 0 saturated carbocycles. The number of primary amides is 1. The van der Waals surface area contributed by atoms with E-state index >= 15 is 0 Å². The molecule has 6 nitrogen and oxygen atoms in total. The SMILES string of the molecule is CC(CC(N)=O)Nc1nc(Br)cn2ccnc12. The number of aromatic nitrogens is 3. The number of hydrogen-bond acceptors (Lipinski definition) is 4. The summed E-state index contributed by atoms with van der Waals surface area (Å²) in [5, 5.41) is 3.12. The molecule has 0 bridgehead atoms.